The van der Waals surface area contributed by atoms with Crippen LogP contribution in [-0.2, 0) is 19.1 Å². The van der Waals surface area contributed by atoms with Crippen molar-refractivity contribution in [2.24, 2.45) is 0 Å². The van der Waals surface area contributed by atoms with E-state index in [4.69, 9.17) is 0 Å². The highest BCUT2D eigenvalue weighted by Gasteiger charge is 2.04. The molecule has 0 aromatic heterocycles. The van der Waals surface area contributed by atoms with Crippen molar-refractivity contribution in [2.75, 3.05) is 14.2 Å². The zero-order valence-corrected chi connectivity index (χ0v) is 11.7. The van der Waals surface area contributed by atoms with Crippen molar-refractivity contribution in [1.29, 1.82) is 0 Å². The minimum absolute atomic E-state index is 0.245. The van der Waals surface area contributed by atoms with Gasteiger partial charge in [-0.2, -0.15) is 0 Å². The van der Waals surface area contributed by atoms with Crippen LogP contribution in [0.5, 0.6) is 0 Å². The maximum absolute atomic E-state index is 11.1. The molecule has 0 aromatic rings. The lowest BCUT2D eigenvalue weighted by molar-refractivity contribution is -0.138. The lowest BCUT2D eigenvalue weighted by atomic mass is 10.2. The number of rotatable bonds is 4. The van der Waals surface area contributed by atoms with Crippen LogP contribution in [0.2, 0.25) is 0 Å². The third-order valence-corrected chi connectivity index (χ3v) is 1.83. The number of esters is 2. The van der Waals surface area contributed by atoms with Crippen molar-refractivity contribution in [3.05, 3.63) is 47.9 Å². The summed E-state index contributed by atoms with van der Waals surface area (Å²) in [6.07, 6.45) is 6.14. The second-order valence-corrected chi connectivity index (χ2v) is 3.33. The SMILES string of the molecule is C=C/C=C(\C=C(\S)C=C)C(=O)OC.COC(C)=O. The van der Waals surface area contributed by atoms with Crippen LogP contribution < -0.4 is 0 Å². The van der Waals surface area contributed by atoms with Gasteiger partial charge in [0, 0.05) is 11.8 Å². The minimum atomic E-state index is -0.423. The van der Waals surface area contributed by atoms with Gasteiger partial charge >= 0.3 is 11.9 Å². The summed E-state index contributed by atoms with van der Waals surface area (Å²) in [7, 11) is 2.67. The second-order valence-electron chi connectivity index (χ2n) is 2.82. The Hall–Kier alpha value is -1.75. The molecule has 0 spiro atoms. The summed E-state index contributed by atoms with van der Waals surface area (Å²) in [5.41, 5.74) is 0.391. The molecule has 0 amide bonds. The molecule has 100 valence electrons. The van der Waals surface area contributed by atoms with E-state index in [9.17, 15) is 9.59 Å². The normalized spacial score (nSPS) is 10.7. The van der Waals surface area contributed by atoms with Crippen LogP contribution in [0.25, 0.3) is 0 Å². The molecular weight excluding hydrogens is 252 g/mol. The first-order valence-corrected chi connectivity index (χ1v) is 5.36. The summed E-state index contributed by atoms with van der Waals surface area (Å²) < 4.78 is 8.65. The van der Waals surface area contributed by atoms with Gasteiger partial charge in [-0.3, -0.25) is 4.79 Å². The third kappa shape index (κ3) is 10.8. The smallest absolute Gasteiger partial charge is 0.337 e. The number of allylic oxidation sites excluding steroid dienone is 3. The van der Waals surface area contributed by atoms with Crippen LogP contribution in [0.4, 0.5) is 0 Å². The van der Waals surface area contributed by atoms with E-state index in [1.807, 2.05) is 0 Å². The molecule has 0 saturated carbocycles. The molecule has 0 rings (SSSR count). The number of hydrogen-bond donors (Lipinski definition) is 1. The highest BCUT2D eigenvalue weighted by atomic mass is 32.1. The van der Waals surface area contributed by atoms with Gasteiger partial charge in [-0.1, -0.05) is 25.3 Å². The summed E-state index contributed by atoms with van der Waals surface area (Å²) in [6, 6.07) is 0. The molecule has 0 N–H and O–H groups in total. The van der Waals surface area contributed by atoms with Crippen molar-refractivity contribution in [2.45, 2.75) is 6.92 Å². The van der Waals surface area contributed by atoms with Crippen molar-refractivity contribution in [1.82, 2.24) is 0 Å². The summed E-state index contributed by atoms with van der Waals surface area (Å²) in [5.74, 6) is -0.668. The van der Waals surface area contributed by atoms with E-state index in [0.717, 1.165) is 0 Å². The summed E-state index contributed by atoms with van der Waals surface area (Å²) in [5, 5.41) is 0. The molecule has 18 heavy (non-hydrogen) atoms. The molecule has 0 heterocycles. The molecule has 0 saturated heterocycles. The average Bonchev–Trinajstić information content (AvgIpc) is 2.37. The number of thiol groups is 1. The van der Waals surface area contributed by atoms with Gasteiger partial charge in [0.1, 0.15) is 0 Å². The Morgan fingerprint density at radius 2 is 1.67 bits per heavy atom. The van der Waals surface area contributed by atoms with Crippen LogP contribution in [-0.4, -0.2) is 26.2 Å². The molecule has 0 unspecified atom stereocenters. The van der Waals surface area contributed by atoms with E-state index >= 15 is 0 Å². The fourth-order valence-electron chi connectivity index (χ4n) is 0.638. The van der Waals surface area contributed by atoms with Gasteiger partial charge in [0.15, 0.2) is 0 Å². The van der Waals surface area contributed by atoms with E-state index < -0.39 is 5.97 Å². The Balaban J connectivity index is 0. The van der Waals surface area contributed by atoms with E-state index in [-0.39, 0.29) is 5.97 Å². The molecule has 0 aliphatic carbocycles. The fraction of sp³-hybridized carbons (Fsp3) is 0.231. The van der Waals surface area contributed by atoms with Gasteiger partial charge in [-0.05, 0) is 12.2 Å². The Labute approximate surface area is 113 Å². The molecule has 0 aliphatic heterocycles. The van der Waals surface area contributed by atoms with Crippen LogP contribution in [0.15, 0.2) is 47.9 Å². The van der Waals surface area contributed by atoms with Crippen molar-refractivity contribution >= 4 is 24.6 Å². The van der Waals surface area contributed by atoms with Crippen LogP contribution in [0.1, 0.15) is 6.92 Å². The highest BCUT2D eigenvalue weighted by molar-refractivity contribution is 7.84. The minimum Gasteiger partial charge on any atom is -0.469 e. The molecule has 0 aliphatic rings. The largest absolute Gasteiger partial charge is 0.469 e. The zero-order chi connectivity index (χ0) is 14.6. The molecule has 0 fully saturated rings. The zero-order valence-electron chi connectivity index (χ0n) is 10.8. The van der Waals surface area contributed by atoms with E-state index in [0.29, 0.717) is 10.5 Å². The van der Waals surface area contributed by atoms with Crippen molar-refractivity contribution < 1.29 is 19.1 Å². The summed E-state index contributed by atoms with van der Waals surface area (Å²) in [6.45, 7) is 8.36. The Morgan fingerprint density at radius 1 is 1.17 bits per heavy atom. The van der Waals surface area contributed by atoms with Gasteiger partial charge in [0.05, 0.1) is 19.8 Å². The van der Waals surface area contributed by atoms with Gasteiger partial charge in [-0.25, -0.2) is 4.79 Å². The quantitative estimate of drug-likeness (QED) is 0.369. The fourth-order valence-corrected chi connectivity index (χ4v) is 0.777. The molecule has 5 heteroatoms. The monoisotopic (exact) mass is 270 g/mol. The van der Waals surface area contributed by atoms with Crippen LogP contribution >= 0.6 is 12.6 Å². The first-order chi connectivity index (χ1) is 8.42. The Bertz CT molecular complexity index is 367. The average molecular weight is 270 g/mol. The number of hydrogen-bond acceptors (Lipinski definition) is 5. The highest BCUT2D eigenvalue weighted by Crippen LogP contribution is 2.08. The number of ether oxygens (including phenoxy) is 2. The lowest BCUT2D eigenvalue weighted by Crippen LogP contribution is -2.02. The predicted molar refractivity (Wildman–Crippen MR) is 75.3 cm³/mol. The van der Waals surface area contributed by atoms with Gasteiger partial charge in [0.25, 0.3) is 0 Å². The van der Waals surface area contributed by atoms with Crippen LogP contribution in [0.3, 0.4) is 0 Å². The molecule has 0 radical (unpaired) electrons. The molecule has 4 nitrogen and oxygen atoms in total. The van der Waals surface area contributed by atoms with Crippen LogP contribution in [0, 0.1) is 0 Å². The van der Waals surface area contributed by atoms with Gasteiger partial charge in [-0.15, -0.1) is 12.6 Å². The lowest BCUT2D eigenvalue weighted by Gasteiger charge is -1.98. The number of carbonyl (C=O) groups excluding carboxylic acids is 2. The summed E-state index contributed by atoms with van der Waals surface area (Å²) in [4.78, 5) is 21.3. The Kier molecular flexibility index (Phi) is 12.1. The summed E-state index contributed by atoms with van der Waals surface area (Å²) >= 11 is 4.06. The second kappa shape index (κ2) is 11.7. The van der Waals surface area contributed by atoms with Gasteiger partial charge in [0.2, 0.25) is 0 Å². The molecule has 0 bridgehead atoms. The maximum atomic E-state index is 11.1. The first-order valence-electron chi connectivity index (χ1n) is 4.91. The topological polar surface area (TPSA) is 52.6 Å². The first kappa shape index (κ1) is 18.6. The van der Waals surface area contributed by atoms with E-state index in [2.05, 4.69) is 35.3 Å². The third-order valence-electron chi connectivity index (χ3n) is 1.52. The predicted octanol–water partition coefficient (Wildman–Crippen LogP) is 2.45. The van der Waals surface area contributed by atoms with Crippen molar-refractivity contribution in [3.63, 3.8) is 0 Å². The van der Waals surface area contributed by atoms with Crippen molar-refractivity contribution in [3.8, 4) is 0 Å². The number of methoxy groups -OCH3 is 2. The Morgan fingerprint density at radius 3 is 1.94 bits per heavy atom. The molecule has 0 aromatic carbocycles. The van der Waals surface area contributed by atoms with E-state index in [1.165, 1.54) is 33.3 Å². The number of carbonyl (C=O) groups is 2. The standard InChI is InChI=1S/C10H12O2S.C3H6O2/c1-4-6-8(10(11)12-3)7-9(13)5-2;1-3(4)5-2/h4-7,13H,1-2H2,3H3;1-2H3/b8-6+,9-7+;. The van der Waals surface area contributed by atoms with E-state index in [1.54, 1.807) is 12.2 Å². The maximum Gasteiger partial charge on any atom is 0.337 e. The molecule has 0 atom stereocenters. The van der Waals surface area contributed by atoms with Gasteiger partial charge < -0.3 is 9.47 Å². The molecular formula is C13H18O4S.